The molecule has 0 unspecified atom stereocenters. The maximum Gasteiger partial charge on any atom is 0.303 e. The fourth-order valence-corrected chi connectivity index (χ4v) is 2.51. The Kier molecular flexibility index (Phi) is 11.0. The maximum atomic E-state index is 13.0. The predicted octanol–water partition coefficient (Wildman–Crippen LogP) is 4.55. The van der Waals surface area contributed by atoms with Crippen molar-refractivity contribution in [2.75, 3.05) is 6.54 Å². The van der Waals surface area contributed by atoms with E-state index in [1.54, 1.807) is 18.2 Å². The summed E-state index contributed by atoms with van der Waals surface area (Å²) in [4.78, 5) is 22.0. The zero-order chi connectivity index (χ0) is 18.3. The molecule has 4 nitrogen and oxygen atoms in total. The van der Waals surface area contributed by atoms with E-state index in [9.17, 15) is 14.0 Å². The number of carboxylic acids is 1. The number of halogens is 1. The van der Waals surface area contributed by atoms with Gasteiger partial charge in [-0.05, 0) is 36.6 Å². The number of rotatable bonds is 13. The summed E-state index contributed by atoms with van der Waals surface area (Å²) in [6, 6.07) is 6.10. The van der Waals surface area contributed by atoms with Crippen molar-refractivity contribution < 1.29 is 19.1 Å². The number of amides is 1. The monoisotopic (exact) mass is 349 g/mol. The molecule has 138 valence electrons. The second-order valence-corrected chi connectivity index (χ2v) is 6.15. The third-order valence-corrected chi connectivity index (χ3v) is 3.89. The van der Waals surface area contributed by atoms with E-state index >= 15 is 0 Å². The molecule has 0 atom stereocenters. The first-order valence-corrected chi connectivity index (χ1v) is 9.01. The molecule has 0 saturated heterocycles. The number of carbonyl (C=O) groups is 2. The molecule has 0 saturated carbocycles. The van der Waals surface area contributed by atoms with Crippen LogP contribution in [-0.2, 0) is 9.59 Å². The van der Waals surface area contributed by atoms with Gasteiger partial charge in [-0.2, -0.15) is 0 Å². The number of benzene rings is 1. The van der Waals surface area contributed by atoms with Gasteiger partial charge in [-0.25, -0.2) is 4.39 Å². The van der Waals surface area contributed by atoms with E-state index in [4.69, 9.17) is 5.11 Å². The molecule has 0 spiro atoms. The Hall–Kier alpha value is -2.17. The zero-order valence-electron chi connectivity index (χ0n) is 14.7. The first-order chi connectivity index (χ1) is 12.1. The summed E-state index contributed by atoms with van der Waals surface area (Å²) < 4.78 is 13.0. The van der Waals surface area contributed by atoms with E-state index in [1.807, 2.05) is 0 Å². The lowest BCUT2D eigenvalue weighted by molar-refractivity contribution is -0.137. The summed E-state index contributed by atoms with van der Waals surface area (Å²) in [5.41, 5.74) is 0.665. The molecule has 0 fully saturated rings. The summed E-state index contributed by atoms with van der Waals surface area (Å²) in [6.45, 7) is 0.644. The molecule has 0 bridgehead atoms. The summed E-state index contributed by atoms with van der Waals surface area (Å²) in [7, 11) is 0. The van der Waals surface area contributed by atoms with Crippen molar-refractivity contribution in [3.8, 4) is 0 Å². The van der Waals surface area contributed by atoms with Crippen molar-refractivity contribution in [3.05, 3.63) is 41.7 Å². The number of hydrogen-bond acceptors (Lipinski definition) is 2. The molecule has 1 aromatic carbocycles. The fourth-order valence-electron chi connectivity index (χ4n) is 2.51. The number of unbranched alkanes of at least 4 members (excludes halogenated alkanes) is 7. The quantitative estimate of drug-likeness (QED) is 0.405. The lowest BCUT2D eigenvalue weighted by Crippen LogP contribution is -2.21. The molecule has 25 heavy (non-hydrogen) atoms. The molecule has 0 heterocycles. The summed E-state index contributed by atoms with van der Waals surface area (Å²) in [5, 5.41) is 11.4. The van der Waals surface area contributed by atoms with Crippen LogP contribution in [0.4, 0.5) is 4.39 Å². The van der Waals surface area contributed by atoms with Gasteiger partial charge in [0.2, 0.25) is 5.91 Å². The molecular weight excluding hydrogens is 321 g/mol. The molecule has 0 aliphatic rings. The van der Waals surface area contributed by atoms with Crippen LogP contribution in [0.25, 0.3) is 6.08 Å². The van der Waals surface area contributed by atoms with Crippen LogP contribution in [0.15, 0.2) is 30.3 Å². The van der Waals surface area contributed by atoms with Crippen LogP contribution in [0.2, 0.25) is 0 Å². The second-order valence-electron chi connectivity index (χ2n) is 6.15. The largest absolute Gasteiger partial charge is 0.481 e. The number of carboxylic acid groups (broad SMARTS) is 1. The number of hydrogen-bond donors (Lipinski definition) is 2. The van der Waals surface area contributed by atoms with E-state index in [0.717, 1.165) is 51.4 Å². The summed E-state index contributed by atoms with van der Waals surface area (Å²) >= 11 is 0. The topological polar surface area (TPSA) is 66.4 Å². The van der Waals surface area contributed by atoms with Crippen molar-refractivity contribution in [1.29, 1.82) is 0 Å². The van der Waals surface area contributed by atoms with Crippen LogP contribution < -0.4 is 5.32 Å². The molecule has 2 N–H and O–H groups in total. The van der Waals surface area contributed by atoms with Gasteiger partial charge >= 0.3 is 5.97 Å². The lowest BCUT2D eigenvalue weighted by atomic mass is 10.1. The molecule has 1 amide bonds. The number of nitrogens with one attached hydrogen (secondary N) is 1. The minimum absolute atomic E-state index is 0.164. The number of aliphatic carboxylic acids is 1. The van der Waals surface area contributed by atoms with Gasteiger partial charge in [0.05, 0.1) is 0 Å². The van der Waals surface area contributed by atoms with Crippen molar-refractivity contribution in [3.63, 3.8) is 0 Å². The Morgan fingerprint density at radius 3 is 2.28 bits per heavy atom. The fraction of sp³-hybridized carbons (Fsp3) is 0.500. The summed E-state index contributed by atoms with van der Waals surface area (Å²) in [5.74, 6) is -1.19. The zero-order valence-corrected chi connectivity index (χ0v) is 14.7. The van der Waals surface area contributed by atoms with E-state index in [1.165, 1.54) is 18.2 Å². The summed E-state index contributed by atoms with van der Waals surface area (Å²) in [6.07, 6.45) is 11.6. The van der Waals surface area contributed by atoms with Crippen molar-refractivity contribution in [2.45, 2.75) is 57.8 Å². The Labute approximate surface area is 149 Å². The van der Waals surface area contributed by atoms with Crippen molar-refractivity contribution in [2.24, 2.45) is 0 Å². The minimum atomic E-state index is -0.715. The normalized spacial score (nSPS) is 10.9. The van der Waals surface area contributed by atoms with Crippen LogP contribution in [-0.4, -0.2) is 23.5 Å². The average Bonchev–Trinajstić information content (AvgIpc) is 2.57. The third kappa shape index (κ3) is 11.9. The Balaban J connectivity index is 1.95. The van der Waals surface area contributed by atoms with Gasteiger partial charge in [0.25, 0.3) is 0 Å². The molecule has 0 aliphatic heterocycles. The van der Waals surface area contributed by atoms with Gasteiger partial charge in [-0.3, -0.25) is 9.59 Å². The van der Waals surface area contributed by atoms with Gasteiger partial charge in [-0.15, -0.1) is 0 Å². The highest BCUT2D eigenvalue weighted by Crippen LogP contribution is 2.09. The Morgan fingerprint density at radius 2 is 1.64 bits per heavy atom. The molecule has 0 radical (unpaired) electrons. The highest BCUT2D eigenvalue weighted by molar-refractivity contribution is 5.91. The van der Waals surface area contributed by atoms with Crippen LogP contribution >= 0.6 is 0 Å². The Morgan fingerprint density at radius 1 is 1.00 bits per heavy atom. The van der Waals surface area contributed by atoms with Crippen LogP contribution in [0.1, 0.15) is 63.4 Å². The standard InChI is InChI=1S/C20H28FNO3/c21-18-11-9-10-17(16-18)13-14-19(23)22-15-8-6-4-2-1-3-5-7-12-20(24)25/h9-11,13-14,16H,1-8,12,15H2,(H,22,23)(H,24,25)/b14-13+. The van der Waals surface area contributed by atoms with Gasteiger partial charge in [-0.1, -0.05) is 50.7 Å². The highest BCUT2D eigenvalue weighted by Gasteiger charge is 1.98. The van der Waals surface area contributed by atoms with Crippen molar-refractivity contribution >= 4 is 18.0 Å². The van der Waals surface area contributed by atoms with E-state index in [-0.39, 0.29) is 18.1 Å². The third-order valence-electron chi connectivity index (χ3n) is 3.89. The first-order valence-electron chi connectivity index (χ1n) is 9.01. The highest BCUT2D eigenvalue weighted by atomic mass is 19.1. The van der Waals surface area contributed by atoms with Crippen LogP contribution in [0.5, 0.6) is 0 Å². The van der Waals surface area contributed by atoms with Gasteiger partial charge in [0.15, 0.2) is 0 Å². The molecule has 0 aromatic heterocycles. The molecule has 1 rings (SSSR count). The van der Waals surface area contributed by atoms with Gasteiger partial charge in [0.1, 0.15) is 5.82 Å². The van der Waals surface area contributed by atoms with E-state index in [0.29, 0.717) is 12.1 Å². The van der Waals surface area contributed by atoms with E-state index < -0.39 is 5.97 Å². The van der Waals surface area contributed by atoms with Crippen LogP contribution in [0, 0.1) is 5.82 Å². The van der Waals surface area contributed by atoms with Crippen LogP contribution in [0.3, 0.4) is 0 Å². The number of carbonyl (C=O) groups excluding carboxylic acids is 1. The second kappa shape index (κ2) is 13.2. The molecule has 0 aliphatic carbocycles. The van der Waals surface area contributed by atoms with Gasteiger partial charge in [0, 0.05) is 19.0 Å². The minimum Gasteiger partial charge on any atom is -0.481 e. The lowest BCUT2D eigenvalue weighted by Gasteiger charge is -2.03. The average molecular weight is 349 g/mol. The first kappa shape index (κ1) is 20.9. The maximum absolute atomic E-state index is 13.0. The molecule has 5 heteroatoms. The SMILES string of the molecule is O=C(O)CCCCCCCCCCNC(=O)/C=C/c1cccc(F)c1. The van der Waals surface area contributed by atoms with Crippen molar-refractivity contribution in [1.82, 2.24) is 5.32 Å². The molecule has 1 aromatic rings. The molecular formula is C20H28FNO3. The Bertz CT molecular complexity index is 558. The smallest absolute Gasteiger partial charge is 0.303 e. The van der Waals surface area contributed by atoms with E-state index in [2.05, 4.69) is 5.32 Å². The van der Waals surface area contributed by atoms with Gasteiger partial charge < -0.3 is 10.4 Å². The predicted molar refractivity (Wildman–Crippen MR) is 97.6 cm³/mol.